The molecule has 0 spiro atoms. The molecule has 0 aliphatic heterocycles. The van der Waals surface area contributed by atoms with Gasteiger partial charge in [0.05, 0.1) is 12.1 Å². The Kier molecular flexibility index (Phi) is 4.04. The van der Waals surface area contributed by atoms with E-state index in [9.17, 15) is 5.11 Å². The van der Waals surface area contributed by atoms with Gasteiger partial charge in [0.1, 0.15) is 0 Å². The fourth-order valence-electron chi connectivity index (χ4n) is 3.70. The Morgan fingerprint density at radius 2 is 2.05 bits per heavy atom. The summed E-state index contributed by atoms with van der Waals surface area (Å²) in [6.45, 7) is 4.88. The van der Waals surface area contributed by atoms with Crippen LogP contribution in [0.25, 0.3) is 0 Å². The maximum atomic E-state index is 11.5. The smallest absolute Gasteiger partial charge is 0.0924 e. The minimum atomic E-state index is -0.751. The van der Waals surface area contributed by atoms with Crippen LogP contribution in [0.1, 0.15) is 32.3 Å². The van der Waals surface area contributed by atoms with E-state index >= 15 is 0 Å². The van der Waals surface area contributed by atoms with Crippen molar-refractivity contribution < 1.29 is 5.11 Å². The number of aliphatic hydroxyl groups is 1. The monoisotopic (exact) mass is 318 g/mol. The highest BCUT2D eigenvalue weighted by atomic mass is 35.5. The van der Waals surface area contributed by atoms with Crippen molar-refractivity contribution in [2.45, 2.75) is 45.3 Å². The molecule has 3 nitrogen and oxygen atoms in total. The molecule has 2 atom stereocenters. The van der Waals surface area contributed by atoms with Gasteiger partial charge < -0.3 is 5.11 Å². The van der Waals surface area contributed by atoms with Crippen molar-refractivity contribution in [2.24, 2.45) is 11.3 Å². The van der Waals surface area contributed by atoms with Crippen LogP contribution in [0, 0.1) is 11.3 Å². The molecule has 0 bridgehead atoms. The van der Waals surface area contributed by atoms with Crippen molar-refractivity contribution in [3.8, 4) is 0 Å². The molecule has 1 aromatic carbocycles. The van der Waals surface area contributed by atoms with Crippen molar-refractivity contribution in [3.63, 3.8) is 0 Å². The lowest BCUT2D eigenvalue weighted by Gasteiger charge is -2.41. The van der Waals surface area contributed by atoms with E-state index in [1.807, 2.05) is 29.1 Å². The zero-order valence-electron chi connectivity index (χ0n) is 13.2. The van der Waals surface area contributed by atoms with E-state index in [1.54, 1.807) is 6.20 Å². The van der Waals surface area contributed by atoms with Gasteiger partial charge in [-0.15, -0.1) is 0 Å². The van der Waals surface area contributed by atoms with Crippen molar-refractivity contribution in [3.05, 3.63) is 53.3 Å². The molecule has 0 saturated heterocycles. The van der Waals surface area contributed by atoms with Gasteiger partial charge in [-0.1, -0.05) is 37.6 Å². The van der Waals surface area contributed by atoms with Crippen LogP contribution in [0.5, 0.6) is 0 Å². The quantitative estimate of drug-likeness (QED) is 0.927. The minimum absolute atomic E-state index is 0.115. The van der Waals surface area contributed by atoms with Gasteiger partial charge in [0.25, 0.3) is 0 Å². The summed E-state index contributed by atoms with van der Waals surface area (Å²) in [5.41, 5.74) is 0.361. The Labute approximate surface area is 136 Å². The van der Waals surface area contributed by atoms with E-state index in [2.05, 4.69) is 31.1 Å². The Morgan fingerprint density at radius 1 is 1.32 bits per heavy atom. The lowest BCUT2D eigenvalue weighted by Crippen LogP contribution is -2.49. The average Bonchev–Trinajstić information content (AvgIpc) is 3.04. The minimum Gasteiger partial charge on any atom is -0.387 e. The van der Waals surface area contributed by atoms with Crippen molar-refractivity contribution >= 4 is 11.6 Å². The highest BCUT2D eigenvalue weighted by Crippen LogP contribution is 2.51. The number of nitrogens with zero attached hydrogens (tertiary/aromatic N) is 2. The van der Waals surface area contributed by atoms with Crippen LogP contribution >= 0.6 is 11.6 Å². The van der Waals surface area contributed by atoms with Gasteiger partial charge in [-0.2, -0.15) is 5.10 Å². The fraction of sp³-hybridized carbons (Fsp3) is 0.500. The first kappa shape index (κ1) is 15.6. The molecule has 2 aromatic rings. The fourth-order valence-corrected chi connectivity index (χ4v) is 3.83. The van der Waals surface area contributed by atoms with Gasteiger partial charge in [0, 0.05) is 17.4 Å². The molecule has 1 heterocycles. The summed E-state index contributed by atoms with van der Waals surface area (Å²) in [4.78, 5) is 0. The van der Waals surface area contributed by atoms with E-state index in [-0.39, 0.29) is 11.3 Å². The Balaban J connectivity index is 1.84. The number of benzene rings is 1. The molecular formula is C18H23ClN2O. The number of rotatable bonds is 4. The topological polar surface area (TPSA) is 38.0 Å². The normalized spacial score (nSPS) is 27.2. The van der Waals surface area contributed by atoms with Crippen LogP contribution in [0.2, 0.25) is 5.02 Å². The van der Waals surface area contributed by atoms with Gasteiger partial charge in [0.2, 0.25) is 0 Å². The molecule has 1 saturated carbocycles. The molecule has 4 heteroatoms. The molecule has 118 valence electrons. The maximum Gasteiger partial charge on any atom is 0.0924 e. The third kappa shape index (κ3) is 2.80. The molecule has 1 fully saturated rings. The molecule has 2 unspecified atom stereocenters. The standard InChI is InChI=1S/C18H23ClN2O/c1-17(2)9-8-15(12-14-4-6-16(19)7-5-14)18(17,22)13-21-11-3-10-20-21/h3-7,10-11,15,22H,8-9,12-13H2,1-2H3. The van der Waals surface area contributed by atoms with E-state index in [0.717, 1.165) is 24.3 Å². The number of hydrogen-bond donors (Lipinski definition) is 1. The van der Waals surface area contributed by atoms with Gasteiger partial charge in [-0.05, 0) is 54.4 Å². The summed E-state index contributed by atoms with van der Waals surface area (Å²) in [5, 5.41) is 16.5. The van der Waals surface area contributed by atoms with Crippen LogP contribution in [-0.2, 0) is 13.0 Å². The highest BCUT2D eigenvalue weighted by Gasteiger charge is 2.54. The molecule has 1 aliphatic carbocycles. The molecule has 0 amide bonds. The van der Waals surface area contributed by atoms with Crippen molar-refractivity contribution in [1.82, 2.24) is 9.78 Å². The van der Waals surface area contributed by atoms with E-state index < -0.39 is 5.60 Å². The van der Waals surface area contributed by atoms with Crippen LogP contribution < -0.4 is 0 Å². The summed E-state index contributed by atoms with van der Waals surface area (Å²) in [6, 6.07) is 9.86. The second kappa shape index (κ2) is 5.71. The lowest BCUT2D eigenvalue weighted by molar-refractivity contribution is -0.0906. The van der Waals surface area contributed by atoms with Crippen molar-refractivity contribution in [2.75, 3.05) is 0 Å². The zero-order chi connectivity index (χ0) is 15.8. The van der Waals surface area contributed by atoms with Crippen LogP contribution in [0.4, 0.5) is 0 Å². The molecule has 1 N–H and O–H groups in total. The average molecular weight is 319 g/mol. The summed E-state index contributed by atoms with van der Waals surface area (Å²) >= 11 is 5.96. The van der Waals surface area contributed by atoms with Crippen LogP contribution in [0.15, 0.2) is 42.7 Å². The van der Waals surface area contributed by atoms with E-state index in [1.165, 1.54) is 5.56 Å². The predicted molar refractivity (Wildman–Crippen MR) is 88.8 cm³/mol. The van der Waals surface area contributed by atoms with Crippen molar-refractivity contribution in [1.29, 1.82) is 0 Å². The second-order valence-corrected chi connectivity index (χ2v) is 7.51. The van der Waals surface area contributed by atoms with E-state index in [4.69, 9.17) is 11.6 Å². The summed E-state index contributed by atoms with van der Waals surface area (Å²) in [7, 11) is 0. The first-order valence-corrected chi connectivity index (χ1v) is 8.23. The number of halogens is 1. The molecule has 0 radical (unpaired) electrons. The second-order valence-electron chi connectivity index (χ2n) is 7.08. The number of aromatic nitrogens is 2. The van der Waals surface area contributed by atoms with Gasteiger partial charge in [-0.25, -0.2) is 0 Å². The first-order valence-electron chi connectivity index (χ1n) is 7.85. The first-order chi connectivity index (χ1) is 10.4. The Hall–Kier alpha value is -1.32. The van der Waals surface area contributed by atoms with Crippen LogP contribution in [-0.4, -0.2) is 20.5 Å². The van der Waals surface area contributed by atoms with Gasteiger partial charge in [0.15, 0.2) is 0 Å². The molecule has 1 aliphatic rings. The summed E-state index contributed by atoms with van der Waals surface area (Å²) in [6.07, 6.45) is 6.63. The van der Waals surface area contributed by atoms with E-state index in [0.29, 0.717) is 6.54 Å². The lowest BCUT2D eigenvalue weighted by atomic mass is 9.72. The third-order valence-corrected chi connectivity index (χ3v) is 5.57. The zero-order valence-corrected chi connectivity index (χ0v) is 13.9. The van der Waals surface area contributed by atoms with Gasteiger partial charge in [-0.3, -0.25) is 4.68 Å². The SMILES string of the molecule is CC1(C)CCC(Cc2ccc(Cl)cc2)C1(O)Cn1cccn1. The molecular weight excluding hydrogens is 296 g/mol. The van der Waals surface area contributed by atoms with Gasteiger partial charge >= 0.3 is 0 Å². The number of hydrogen-bond acceptors (Lipinski definition) is 2. The maximum absolute atomic E-state index is 11.5. The summed E-state index contributed by atoms with van der Waals surface area (Å²) < 4.78 is 1.85. The third-order valence-electron chi connectivity index (χ3n) is 5.32. The Morgan fingerprint density at radius 3 is 2.68 bits per heavy atom. The highest BCUT2D eigenvalue weighted by molar-refractivity contribution is 6.30. The Bertz CT molecular complexity index is 621. The molecule has 1 aromatic heterocycles. The van der Waals surface area contributed by atoms with Crippen LogP contribution in [0.3, 0.4) is 0 Å². The largest absolute Gasteiger partial charge is 0.387 e. The molecule has 22 heavy (non-hydrogen) atoms. The molecule has 3 rings (SSSR count). The predicted octanol–water partition coefficient (Wildman–Crippen LogP) is 3.95. The summed E-state index contributed by atoms with van der Waals surface area (Å²) in [5.74, 6) is 0.230.